The first-order valence-corrected chi connectivity index (χ1v) is 9.07. The van der Waals surface area contributed by atoms with Crippen molar-refractivity contribution in [2.45, 2.75) is 19.8 Å². The van der Waals surface area contributed by atoms with Crippen molar-refractivity contribution < 1.29 is 14.3 Å². The van der Waals surface area contributed by atoms with Crippen LogP contribution in [0.25, 0.3) is 5.70 Å². The van der Waals surface area contributed by atoms with Crippen LogP contribution in [0.4, 0.5) is 5.69 Å². The standard InChI is InChI=1S/C19H17N3O2.C3H8O/c23-13-17-9-10-18(22-21-17)15-7-4-8-16(12-15)20-19(24)11-14-5-2-1-3-6-14;1-3-4-2/h1-8,10,12-13,22H,9,11H2,(H,20,24);3H2,1-2H3. The number of hydrogen-bond donors (Lipinski definition) is 2. The molecule has 2 aromatic carbocycles. The molecule has 0 fully saturated rings. The molecule has 0 spiro atoms. The van der Waals surface area contributed by atoms with Crippen molar-refractivity contribution in [3.05, 3.63) is 71.8 Å². The zero-order valence-corrected chi connectivity index (χ0v) is 16.1. The molecule has 0 aromatic heterocycles. The van der Waals surface area contributed by atoms with Crippen molar-refractivity contribution in [1.29, 1.82) is 0 Å². The van der Waals surface area contributed by atoms with Crippen molar-refractivity contribution in [1.82, 2.24) is 5.43 Å². The molecule has 6 nitrogen and oxygen atoms in total. The van der Waals surface area contributed by atoms with Crippen LogP contribution in [-0.4, -0.2) is 31.6 Å². The average molecular weight is 379 g/mol. The van der Waals surface area contributed by atoms with E-state index in [1.165, 1.54) is 0 Å². The highest BCUT2D eigenvalue weighted by Crippen LogP contribution is 2.19. The number of ether oxygens (including phenoxy) is 1. The topological polar surface area (TPSA) is 79.8 Å². The highest BCUT2D eigenvalue weighted by atomic mass is 16.5. The molecule has 0 saturated heterocycles. The summed E-state index contributed by atoms with van der Waals surface area (Å²) in [4.78, 5) is 22.8. The molecule has 0 saturated carbocycles. The Kier molecular flexibility index (Phi) is 8.62. The summed E-state index contributed by atoms with van der Waals surface area (Å²) < 4.78 is 4.54. The van der Waals surface area contributed by atoms with Crippen molar-refractivity contribution in [3.8, 4) is 0 Å². The highest BCUT2D eigenvalue weighted by Gasteiger charge is 2.09. The van der Waals surface area contributed by atoms with Gasteiger partial charge in [-0.1, -0.05) is 48.5 Å². The second-order valence-electron chi connectivity index (χ2n) is 6.02. The van der Waals surface area contributed by atoms with Gasteiger partial charge in [0.1, 0.15) is 5.71 Å². The first-order chi connectivity index (χ1) is 13.7. The van der Waals surface area contributed by atoms with Crippen LogP contribution in [-0.2, 0) is 20.7 Å². The summed E-state index contributed by atoms with van der Waals surface area (Å²) in [5.74, 6) is -0.0646. The summed E-state index contributed by atoms with van der Waals surface area (Å²) >= 11 is 0. The number of carbonyl (C=O) groups is 2. The molecule has 2 aromatic rings. The number of rotatable bonds is 6. The molecule has 2 N–H and O–H groups in total. The fraction of sp³-hybridized carbons (Fsp3) is 0.227. The number of aldehydes is 1. The van der Waals surface area contributed by atoms with Gasteiger partial charge in [-0.25, -0.2) is 0 Å². The summed E-state index contributed by atoms with van der Waals surface area (Å²) in [5.41, 5.74) is 6.74. The number of carbonyl (C=O) groups excluding carboxylic acids is 2. The Balaban J connectivity index is 0.000000640. The molecule has 0 radical (unpaired) electrons. The van der Waals surface area contributed by atoms with E-state index in [0.29, 0.717) is 18.6 Å². The zero-order valence-electron chi connectivity index (χ0n) is 16.1. The lowest BCUT2D eigenvalue weighted by molar-refractivity contribution is -0.115. The Labute approximate surface area is 165 Å². The number of amides is 1. The highest BCUT2D eigenvalue weighted by molar-refractivity contribution is 6.29. The van der Waals surface area contributed by atoms with E-state index in [9.17, 15) is 9.59 Å². The maximum Gasteiger partial charge on any atom is 0.228 e. The summed E-state index contributed by atoms with van der Waals surface area (Å²) in [5, 5.41) is 6.90. The van der Waals surface area contributed by atoms with Crippen LogP contribution in [0.3, 0.4) is 0 Å². The maximum atomic E-state index is 12.1. The van der Waals surface area contributed by atoms with Gasteiger partial charge >= 0.3 is 0 Å². The second kappa shape index (κ2) is 11.5. The van der Waals surface area contributed by atoms with Gasteiger partial charge in [0.05, 0.1) is 12.1 Å². The van der Waals surface area contributed by atoms with E-state index >= 15 is 0 Å². The molecule has 6 heteroatoms. The lowest BCUT2D eigenvalue weighted by Gasteiger charge is -2.13. The van der Waals surface area contributed by atoms with E-state index in [-0.39, 0.29) is 5.91 Å². The molecule has 1 amide bonds. The summed E-state index contributed by atoms with van der Waals surface area (Å²) in [7, 11) is 1.68. The lowest BCUT2D eigenvalue weighted by atomic mass is 10.1. The normalized spacial score (nSPS) is 12.5. The number of hydrogen-bond acceptors (Lipinski definition) is 5. The van der Waals surface area contributed by atoms with Crippen LogP contribution in [0.5, 0.6) is 0 Å². The maximum absolute atomic E-state index is 12.1. The van der Waals surface area contributed by atoms with E-state index in [1.807, 2.05) is 67.6 Å². The fourth-order valence-corrected chi connectivity index (χ4v) is 2.44. The summed E-state index contributed by atoms with van der Waals surface area (Å²) in [6, 6.07) is 17.1. The third-order valence-electron chi connectivity index (χ3n) is 3.92. The van der Waals surface area contributed by atoms with Crippen LogP contribution in [0.1, 0.15) is 24.5 Å². The molecule has 0 unspecified atom stereocenters. The third-order valence-corrected chi connectivity index (χ3v) is 3.92. The van der Waals surface area contributed by atoms with Crippen molar-refractivity contribution in [2.75, 3.05) is 19.0 Å². The average Bonchev–Trinajstić information content (AvgIpc) is 2.75. The first-order valence-electron chi connectivity index (χ1n) is 9.07. The van der Waals surface area contributed by atoms with E-state index in [4.69, 9.17) is 0 Å². The SMILES string of the molecule is CCOC.O=CC1=NNC(c2cccc(NC(=O)Cc3ccccc3)c2)=CC1. The van der Waals surface area contributed by atoms with Gasteiger partial charge in [0.15, 0.2) is 6.29 Å². The Morgan fingerprint density at radius 2 is 1.96 bits per heavy atom. The molecule has 0 aliphatic carbocycles. The molecular formula is C22H25N3O3. The summed E-state index contributed by atoms with van der Waals surface area (Å²) in [6.07, 6.45) is 3.47. The van der Waals surface area contributed by atoms with Crippen molar-refractivity contribution >= 4 is 29.3 Å². The molecule has 146 valence electrons. The number of nitrogens with zero attached hydrogens (tertiary/aromatic N) is 1. The fourth-order valence-electron chi connectivity index (χ4n) is 2.44. The minimum Gasteiger partial charge on any atom is -0.385 e. The molecular weight excluding hydrogens is 354 g/mol. The van der Waals surface area contributed by atoms with Crippen molar-refractivity contribution in [2.24, 2.45) is 5.10 Å². The Morgan fingerprint density at radius 1 is 1.21 bits per heavy atom. The van der Waals surface area contributed by atoms with Gasteiger partial charge in [-0.15, -0.1) is 0 Å². The van der Waals surface area contributed by atoms with Crippen LogP contribution >= 0.6 is 0 Å². The lowest BCUT2D eigenvalue weighted by Crippen LogP contribution is -2.16. The Hall–Kier alpha value is -3.25. The number of benzene rings is 2. The second-order valence-corrected chi connectivity index (χ2v) is 6.02. The number of nitrogens with one attached hydrogen (secondary N) is 2. The number of methoxy groups -OCH3 is 1. The van der Waals surface area contributed by atoms with Crippen LogP contribution in [0, 0.1) is 0 Å². The van der Waals surface area contributed by atoms with E-state index < -0.39 is 0 Å². The summed E-state index contributed by atoms with van der Waals surface area (Å²) in [6.45, 7) is 2.78. The molecule has 0 bridgehead atoms. The van der Waals surface area contributed by atoms with Crippen molar-refractivity contribution in [3.63, 3.8) is 0 Å². The molecule has 1 aliphatic heterocycles. The van der Waals surface area contributed by atoms with Gasteiger partial charge in [0, 0.05) is 31.4 Å². The van der Waals surface area contributed by atoms with Gasteiger partial charge in [-0.2, -0.15) is 5.10 Å². The minimum absolute atomic E-state index is 0.0646. The first kappa shape index (κ1) is 21.1. The predicted molar refractivity (Wildman–Crippen MR) is 112 cm³/mol. The third kappa shape index (κ3) is 6.81. The Bertz CT molecular complexity index is 843. The largest absolute Gasteiger partial charge is 0.385 e. The molecule has 28 heavy (non-hydrogen) atoms. The number of allylic oxidation sites excluding steroid dienone is 1. The number of hydrazone groups is 1. The van der Waals surface area contributed by atoms with Gasteiger partial charge in [0.25, 0.3) is 0 Å². The smallest absolute Gasteiger partial charge is 0.228 e. The van der Waals surface area contributed by atoms with Gasteiger partial charge < -0.3 is 10.1 Å². The minimum atomic E-state index is -0.0646. The number of anilines is 1. The Morgan fingerprint density at radius 3 is 2.57 bits per heavy atom. The molecule has 1 heterocycles. The van der Waals surface area contributed by atoms with E-state index in [0.717, 1.165) is 35.4 Å². The monoisotopic (exact) mass is 379 g/mol. The molecule has 3 rings (SSSR count). The predicted octanol–water partition coefficient (Wildman–Crippen LogP) is 3.41. The quantitative estimate of drug-likeness (QED) is 0.754. The zero-order chi connectivity index (χ0) is 20.2. The van der Waals surface area contributed by atoms with Gasteiger partial charge in [0.2, 0.25) is 5.91 Å². The molecule has 1 aliphatic rings. The molecule has 0 atom stereocenters. The van der Waals surface area contributed by atoms with Crippen LogP contribution < -0.4 is 10.7 Å². The van der Waals surface area contributed by atoms with E-state index in [1.54, 1.807) is 7.11 Å². The van der Waals surface area contributed by atoms with Crippen LogP contribution in [0.2, 0.25) is 0 Å². The van der Waals surface area contributed by atoms with Crippen LogP contribution in [0.15, 0.2) is 65.8 Å². The van der Waals surface area contributed by atoms with Gasteiger partial charge in [-0.3, -0.25) is 15.0 Å². The van der Waals surface area contributed by atoms with Gasteiger partial charge in [-0.05, 0) is 24.6 Å². The van der Waals surface area contributed by atoms with E-state index in [2.05, 4.69) is 20.6 Å².